The maximum atomic E-state index is 11.3. The Labute approximate surface area is 81.3 Å². The van der Waals surface area contributed by atoms with Gasteiger partial charge in [-0.15, -0.1) is 0 Å². The molecule has 4 N–H and O–H groups in total. The maximum absolute atomic E-state index is 11.3. The molecule has 76 valence electrons. The van der Waals surface area contributed by atoms with Gasteiger partial charge in [0.15, 0.2) is 0 Å². The summed E-state index contributed by atoms with van der Waals surface area (Å²) in [6, 6.07) is -0.0500. The van der Waals surface area contributed by atoms with Crippen molar-refractivity contribution in [3.63, 3.8) is 0 Å². The van der Waals surface area contributed by atoms with Gasteiger partial charge in [0, 0.05) is 11.6 Å². The molecule has 1 amide bonds. The summed E-state index contributed by atoms with van der Waals surface area (Å²) in [5.74, 6) is -1.44. The summed E-state index contributed by atoms with van der Waals surface area (Å²) in [4.78, 5) is 21.4. The molecule has 0 spiro atoms. The van der Waals surface area contributed by atoms with Crippen molar-refractivity contribution in [1.82, 2.24) is 5.32 Å². The van der Waals surface area contributed by atoms with Gasteiger partial charge in [-0.2, -0.15) is 0 Å². The molecule has 0 aromatic heterocycles. The van der Waals surface area contributed by atoms with E-state index < -0.39 is 5.97 Å². The van der Waals surface area contributed by atoms with E-state index >= 15 is 0 Å². The summed E-state index contributed by atoms with van der Waals surface area (Å²) in [5, 5.41) is 10.6. The summed E-state index contributed by atoms with van der Waals surface area (Å²) >= 11 is 0. The third-order valence-corrected chi connectivity index (χ3v) is 1.80. The average molecular weight is 196 g/mol. The smallest absolute Gasteiger partial charge is 0.322 e. The number of carbonyl (C=O) groups excluding carboxylic acids is 1. The number of nitrogens with two attached hydrogens (primary N) is 1. The third kappa shape index (κ3) is 3.02. The van der Waals surface area contributed by atoms with Crippen LogP contribution in [-0.2, 0) is 9.59 Å². The zero-order chi connectivity index (χ0) is 10.6. The molecule has 0 radical (unpaired) electrons. The molecule has 0 saturated carbocycles. The lowest BCUT2D eigenvalue weighted by atomic mass is 10.0. The average Bonchev–Trinajstić information content (AvgIpc) is 2.15. The molecule has 0 fully saturated rings. The number of hydrogen-bond acceptors (Lipinski definition) is 3. The molecule has 0 heterocycles. The monoisotopic (exact) mass is 196 g/mol. The fourth-order valence-electron chi connectivity index (χ4n) is 1.06. The maximum Gasteiger partial charge on any atom is 0.322 e. The van der Waals surface area contributed by atoms with Gasteiger partial charge in [-0.05, 0) is 6.42 Å². The van der Waals surface area contributed by atoms with Crippen LogP contribution in [0.15, 0.2) is 23.8 Å². The van der Waals surface area contributed by atoms with Gasteiger partial charge in [-0.3, -0.25) is 9.59 Å². The molecule has 14 heavy (non-hydrogen) atoms. The van der Waals surface area contributed by atoms with Gasteiger partial charge in [0.1, 0.15) is 6.54 Å². The second-order valence-electron chi connectivity index (χ2n) is 2.99. The van der Waals surface area contributed by atoms with E-state index in [0.29, 0.717) is 12.0 Å². The lowest BCUT2D eigenvalue weighted by molar-refractivity contribution is -0.137. The van der Waals surface area contributed by atoms with Crippen molar-refractivity contribution < 1.29 is 14.7 Å². The first kappa shape index (κ1) is 10.5. The molecule has 5 nitrogen and oxygen atoms in total. The molecule has 1 aliphatic rings. The zero-order valence-electron chi connectivity index (χ0n) is 7.56. The SMILES string of the molecule is NC1C=CC(C(=O)NCC(=O)O)=CC1. The fourth-order valence-corrected chi connectivity index (χ4v) is 1.06. The highest BCUT2D eigenvalue weighted by molar-refractivity contribution is 5.97. The first-order chi connectivity index (χ1) is 6.59. The van der Waals surface area contributed by atoms with Crippen LogP contribution in [0.3, 0.4) is 0 Å². The van der Waals surface area contributed by atoms with E-state index in [1.807, 2.05) is 0 Å². The van der Waals surface area contributed by atoms with Crippen LogP contribution < -0.4 is 11.1 Å². The Morgan fingerprint density at radius 2 is 2.36 bits per heavy atom. The van der Waals surface area contributed by atoms with Crippen LogP contribution in [0.1, 0.15) is 6.42 Å². The standard InChI is InChI=1S/C9H12N2O3/c10-7-3-1-6(2-4-7)9(14)11-5-8(12)13/h1-3,7H,4-5,10H2,(H,11,14)(H,12,13). The highest BCUT2D eigenvalue weighted by Crippen LogP contribution is 2.08. The minimum atomic E-state index is -1.06. The van der Waals surface area contributed by atoms with E-state index in [-0.39, 0.29) is 18.5 Å². The Kier molecular flexibility index (Phi) is 3.41. The Morgan fingerprint density at radius 3 is 2.86 bits per heavy atom. The molecular formula is C9H12N2O3. The molecule has 0 aromatic rings. The molecule has 1 rings (SSSR count). The summed E-state index contributed by atoms with van der Waals surface area (Å²) in [7, 11) is 0. The summed E-state index contributed by atoms with van der Waals surface area (Å²) in [6.45, 7) is -0.365. The molecule has 1 aliphatic carbocycles. The number of rotatable bonds is 3. The second-order valence-corrected chi connectivity index (χ2v) is 2.99. The minimum Gasteiger partial charge on any atom is -0.480 e. The predicted octanol–water partition coefficient (Wildman–Crippen LogP) is -0.599. The molecule has 1 unspecified atom stereocenters. The number of amides is 1. The normalized spacial score (nSPS) is 20.1. The molecule has 0 saturated heterocycles. The first-order valence-electron chi connectivity index (χ1n) is 4.23. The van der Waals surface area contributed by atoms with E-state index in [1.165, 1.54) is 0 Å². The lowest BCUT2D eigenvalue weighted by Gasteiger charge is -2.10. The lowest BCUT2D eigenvalue weighted by Crippen LogP contribution is -2.31. The third-order valence-electron chi connectivity index (χ3n) is 1.80. The number of aliphatic carboxylic acids is 1. The second kappa shape index (κ2) is 4.57. The van der Waals surface area contributed by atoms with E-state index in [4.69, 9.17) is 10.8 Å². The summed E-state index contributed by atoms with van der Waals surface area (Å²) in [5.41, 5.74) is 6.03. The minimum absolute atomic E-state index is 0.0500. The topological polar surface area (TPSA) is 92.4 Å². The summed E-state index contributed by atoms with van der Waals surface area (Å²) in [6.07, 6.45) is 5.62. The highest BCUT2D eigenvalue weighted by atomic mass is 16.4. The van der Waals surface area contributed by atoms with Crippen molar-refractivity contribution in [1.29, 1.82) is 0 Å². The quantitative estimate of drug-likeness (QED) is 0.562. The number of carboxylic acids is 1. The molecule has 1 atom stereocenters. The molecule has 5 heteroatoms. The van der Waals surface area contributed by atoms with E-state index in [2.05, 4.69) is 5.32 Å². The van der Waals surface area contributed by atoms with Crippen molar-refractivity contribution in [2.75, 3.05) is 6.54 Å². The highest BCUT2D eigenvalue weighted by Gasteiger charge is 2.11. The zero-order valence-corrected chi connectivity index (χ0v) is 7.56. The van der Waals surface area contributed by atoms with E-state index in [0.717, 1.165) is 0 Å². The van der Waals surface area contributed by atoms with Crippen LogP contribution in [0, 0.1) is 0 Å². The van der Waals surface area contributed by atoms with Crippen molar-refractivity contribution in [3.05, 3.63) is 23.8 Å². The van der Waals surface area contributed by atoms with Crippen LogP contribution in [0.2, 0.25) is 0 Å². The number of carbonyl (C=O) groups is 2. The Bertz CT molecular complexity index is 307. The Balaban J connectivity index is 2.46. The van der Waals surface area contributed by atoms with E-state index in [9.17, 15) is 9.59 Å². The molecule has 0 bridgehead atoms. The Hall–Kier alpha value is -1.62. The molecule has 0 aromatic carbocycles. The van der Waals surface area contributed by atoms with Crippen molar-refractivity contribution in [2.45, 2.75) is 12.5 Å². The summed E-state index contributed by atoms with van der Waals surface area (Å²) < 4.78 is 0. The van der Waals surface area contributed by atoms with Crippen LogP contribution >= 0.6 is 0 Å². The van der Waals surface area contributed by atoms with Gasteiger partial charge in [-0.1, -0.05) is 18.2 Å². The number of hydrogen-bond donors (Lipinski definition) is 3. The van der Waals surface area contributed by atoms with Gasteiger partial charge < -0.3 is 16.2 Å². The number of carboxylic acid groups (broad SMARTS) is 1. The van der Waals surface area contributed by atoms with Gasteiger partial charge in [0.2, 0.25) is 0 Å². The Morgan fingerprint density at radius 1 is 1.64 bits per heavy atom. The van der Waals surface area contributed by atoms with Gasteiger partial charge in [0.25, 0.3) is 5.91 Å². The van der Waals surface area contributed by atoms with Crippen molar-refractivity contribution in [2.24, 2.45) is 5.73 Å². The van der Waals surface area contributed by atoms with Crippen LogP contribution in [0.4, 0.5) is 0 Å². The van der Waals surface area contributed by atoms with Crippen molar-refractivity contribution >= 4 is 11.9 Å². The number of nitrogens with one attached hydrogen (secondary N) is 1. The fraction of sp³-hybridized carbons (Fsp3) is 0.333. The first-order valence-corrected chi connectivity index (χ1v) is 4.23. The van der Waals surface area contributed by atoms with Crippen LogP contribution in [0.5, 0.6) is 0 Å². The predicted molar refractivity (Wildman–Crippen MR) is 50.5 cm³/mol. The van der Waals surface area contributed by atoms with Crippen LogP contribution in [0.25, 0.3) is 0 Å². The van der Waals surface area contributed by atoms with Crippen molar-refractivity contribution in [3.8, 4) is 0 Å². The largest absolute Gasteiger partial charge is 0.480 e. The van der Waals surface area contributed by atoms with Gasteiger partial charge >= 0.3 is 5.97 Å². The van der Waals surface area contributed by atoms with Gasteiger partial charge in [0.05, 0.1) is 0 Å². The van der Waals surface area contributed by atoms with Crippen LogP contribution in [-0.4, -0.2) is 29.6 Å². The molecular weight excluding hydrogens is 184 g/mol. The molecule has 0 aliphatic heterocycles. The van der Waals surface area contributed by atoms with Gasteiger partial charge in [-0.25, -0.2) is 0 Å². The van der Waals surface area contributed by atoms with E-state index in [1.54, 1.807) is 18.2 Å².